The average Bonchev–Trinajstić information content (AvgIpc) is 3.02. The van der Waals surface area contributed by atoms with Gasteiger partial charge in [-0.15, -0.1) is 0 Å². The van der Waals surface area contributed by atoms with Gasteiger partial charge in [-0.25, -0.2) is 21.6 Å². The quantitative estimate of drug-likeness (QED) is 0.219. The molecule has 1 aliphatic rings. The van der Waals surface area contributed by atoms with Crippen LogP contribution in [0.3, 0.4) is 0 Å². The van der Waals surface area contributed by atoms with E-state index in [2.05, 4.69) is 5.32 Å². The molecule has 0 saturated carbocycles. The van der Waals surface area contributed by atoms with Crippen LogP contribution in [0.5, 0.6) is 0 Å². The summed E-state index contributed by atoms with van der Waals surface area (Å²) in [5.74, 6) is -3.49. The number of Topliss-reactive ketones (excluding diaryl/α,β-unsaturated/α-hetero) is 1. The lowest BCUT2D eigenvalue weighted by Crippen LogP contribution is -2.53. The van der Waals surface area contributed by atoms with Gasteiger partial charge in [0.25, 0.3) is 0 Å². The van der Waals surface area contributed by atoms with Gasteiger partial charge in [0.15, 0.2) is 5.78 Å². The highest BCUT2D eigenvalue weighted by molar-refractivity contribution is 7.89. The number of nitrogens with two attached hydrogens (primary N) is 1. The number of carbonyl (C=O) groups excluding carboxylic acids is 1. The van der Waals surface area contributed by atoms with Crippen LogP contribution >= 0.6 is 11.6 Å². The average molecular weight is 656 g/mol. The van der Waals surface area contributed by atoms with E-state index in [1.165, 1.54) is 16.4 Å². The summed E-state index contributed by atoms with van der Waals surface area (Å²) >= 11 is 6.05. The summed E-state index contributed by atoms with van der Waals surface area (Å²) in [6.45, 7) is 1.16. The third kappa shape index (κ3) is 7.65. The number of carbonyl (C=O) groups is 1. The van der Waals surface area contributed by atoms with Gasteiger partial charge < -0.3 is 11.1 Å². The second-order valence-electron chi connectivity index (χ2n) is 11.1. The van der Waals surface area contributed by atoms with Gasteiger partial charge >= 0.3 is 0 Å². The van der Waals surface area contributed by atoms with Crippen LogP contribution in [0.25, 0.3) is 0 Å². The van der Waals surface area contributed by atoms with Crippen LogP contribution in [0.15, 0.2) is 95.9 Å². The van der Waals surface area contributed by atoms with Gasteiger partial charge in [-0.05, 0) is 77.6 Å². The maximum absolute atomic E-state index is 15.3. The molecule has 1 saturated heterocycles. The molecule has 6 nitrogen and oxygen atoms in total. The number of piperazine rings is 1. The third-order valence-corrected chi connectivity index (χ3v) is 10.4. The Morgan fingerprint density at radius 2 is 1.62 bits per heavy atom. The van der Waals surface area contributed by atoms with Gasteiger partial charge in [0.2, 0.25) is 10.0 Å². The first-order valence-electron chi connectivity index (χ1n) is 14.6. The molecular weight excluding hydrogens is 623 g/mol. The summed E-state index contributed by atoms with van der Waals surface area (Å²) < 4.78 is 72.1. The molecule has 0 bridgehead atoms. The first-order chi connectivity index (χ1) is 21.5. The van der Waals surface area contributed by atoms with Crippen molar-refractivity contribution < 1.29 is 26.4 Å². The molecule has 5 rings (SSSR count). The standard InChI is InChI=1S/C34H33ClF3N3O3S/c35-25-11-9-22(10-12-25)33(24-17-26(36)20-27(37)18-24)34(39)32(42)19-23-5-4-8-31(38)30(23)14-13-28-21-40-15-16-41(28)45(43,44)29-6-2-1-3-7-29/h1-12,17-18,20,28,33-34,40H,13-16,19,21,39H2/t28-,33-,34+/m0/s1. The predicted molar refractivity (Wildman–Crippen MR) is 168 cm³/mol. The Bertz CT molecular complexity index is 1740. The van der Waals surface area contributed by atoms with Gasteiger partial charge in [-0.1, -0.05) is 54.1 Å². The van der Waals surface area contributed by atoms with Crippen molar-refractivity contribution >= 4 is 27.4 Å². The number of hydrogen-bond donors (Lipinski definition) is 2. The highest BCUT2D eigenvalue weighted by atomic mass is 35.5. The highest BCUT2D eigenvalue weighted by Crippen LogP contribution is 2.31. The first kappa shape index (κ1) is 32.8. The van der Waals surface area contributed by atoms with E-state index in [0.29, 0.717) is 41.2 Å². The molecule has 45 heavy (non-hydrogen) atoms. The minimum Gasteiger partial charge on any atom is -0.321 e. The maximum Gasteiger partial charge on any atom is 0.243 e. The van der Waals surface area contributed by atoms with E-state index in [9.17, 15) is 22.0 Å². The fraction of sp³-hybridized carbons (Fsp3) is 0.265. The van der Waals surface area contributed by atoms with Crippen molar-refractivity contribution in [2.24, 2.45) is 5.73 Å². The predicted octanol–water partition coefficient (Wildman–Crippen LogP) is 5.62. The Balaban J connectivity index is 1.38. The van der Waals surface area contributed by atoms with Gasteiger partial charge in [-0.3, -0.25) is 4.79 Å². The van der Waals surface area contributed by atoms with Gasteiger partial charge in [0.05, 0.1) is 10.9 Å². The van der Waals surface area contributed by atoms with E-state index in [1.54, 1.807) is 60.7 Å². The van der Waals surface area contributed by atoms with Crippen LogP contribution in [0.2, 0.25) is 5.02 Å². The number of ketones is 1. The number of hydrogen-bond acceptors (Lipinski definition) is 5. The zero-order valence-corrected chi connectivity index (χ0v) is 25.9. The van der Waals surface area contributed by atoms with Crippen molar-refractivity contribution in [2.75, 3.05) is 19.6 Å². The number of rotatable bonds is 11. The summed E-state index contributed by atoms with van der Waals surface area (Å²) in [6, 6.07) is 20.4. The molecule has 1 aliphatic heterocycles. The molecule has 3 atom stereocenters. The molecule has 4 aromatic rings. The summed E-state index contributed by atoms with van der Waals surface area (Å²) in [7, 11) is -3.77. The smallest absolute Gasteiger partial charge is 0.243 e. The lowest BCUT2D eigenvalue weighted by molar-refractivity contribution is -0.119. The molecule has 11 heteroatoms. The largest absolute Gasteiger partial charge is 0.321 e. The summed E-state index contributed by atoms with van der Waals surface area (Å²) in [5, 5.41) is 3.66. The molecule has 1 heterocycles. The van der Waals surface area contributed by atoms with E-state index >= 15 is 4.39 Å². The zero-order chi connectivity index (χ0) is 32.1. The number of halogens is 4. The van der Waals surface area contributed by atoms with Crippen molar-refractivity contribution in [1.29, 1.82) is 0 Å². The highest BCUT2D eigenvalue weighted by Gasteiger charge is 2.34. The molecule has 0 aliphatic carbocycles. The Labute approximate surface area is 266 Å². The van der Waals surface area contributed by atoms with Crippen molar-refractivity contribution in [3.05, 3.63) is 136 Å². The number of sulfonamides is 1. The number of benzene rings is 4. The minimum atomic E-state index is -3.77. The third-order valence-electron chi connectivity index (χ3n) is 8.16. The molecule has 0 unspecified atom stereocenters. The van der Waals surface area contributed by atoms with Crippen molar-refractivity contribution in [2.45, 2.75) is 42.2 Å². The van der Waals surface area contributed by atoms with Crippen molar-refractivity contribution in [3.63, 3.8) is 0 Å². The lowest BCUT2D eigenvalue weighted by atomic mass is 9.82. The van der Waals surface area contributed by atoms with Crippen molar-refractivity contribution in [1.82, 2.24) is 9.62 Å². The molecule has 4 aromatic carbocycles. The molecule has 0 radical (unpaired) electrons. The molecule has 3 N–H and O–H groups in total. The maximum atomic E-state index is 15.3. The monoisotopic (exact) mass is 655 g/mol. The normalized spacial score (nSPS) is 17.1. The molecule has 0 spiro atoms. The number of nitrogens with one attached hydrogen (secondary N) is 1. The summed E-state index contributed by atoms with van der Waals surface area (Å²) in [4.78, 5) is 13.9. The Kier molecular flexibility index (Phi) is 10.4. The van der Waals surface area contributed by atoms with Crippen LogP contribution in [-0.4, -0.2) is 50.2 Å². The molecule has 0 aromatic heterocycles. The van der Waals surface area contributed by atoms with Crippen molar-refractivity contribution in [3.8, 4) is 0 Å². The molecule has 0 amide bonds. The van der Waals surface area contributed by atoms with Crippen LogP contribution in [0, 0.1) is 17.5 Å². The van der Waals surface area contributed by atoms with Crippen LogP contribution in [0.1, 0.15) is 34.6 Å². The fourth-order valence-corrected chi connectivity index (χ4v) is 7.72. The number of nitrogens with zero attached hydrogens (tertiary/aromatic N) is 1. The van der Waals surface area contributed by atoms with E-state index in [4.69, 9.17) is 17.3 Å². The van der Waals surface area contributed by atoms with Gasteiger partial charge in [-0.2, -0.15) is 4.31 Å². The second-order valence-corrected chi connectivity index (χ2v) is 13.4. The van der Waals surface area contributed by atoms with Crippen LogP contribution < -0.4 is 11.1 Å². The first-order valence-corrected chi connectivity index (χ1v) is 16.4. The SMILES string of the molecule is N[C@H](C(=O)Cc1cccc(F)c1CC[C@H]1CNCCN1S(=O)(=O)c1ccccc1)[C@@H](c1ccc(Cl)cc1)c1cc(F)cc(F)c1. The lowest BCUT2D eigenvalue weighted by Gasteiger charge is -2.35. The Morgan fingerprint density at radius 3 is 2.31 bits per heavy atom. The Morgan fingerprint density at radius 1 is 0.933 bits per heavy atom. The van der Waals surface area contributed by atoms with E-state index < -0.39 is 51.3 Å². The minimum absolute atomic E-state index is 0.174. The van der Waals surface area contributed by atoms with Crippen LogP contribution in [0.4, 0.5) is 13.2 Å². The van der Waals surface area contributed by atoms with E-state index in [1.807, 2.05) is 0 Å². The van der Waals surface area contributed by atoms with Gasteiger partial charge in [0.1, 0.15) is 17.5 Å². The zero-order valence-electron chi connectivity index (χ0n) is 24.3. The molecular formula is C34H33ClF3N3O3S. The fourth-order valence-electron chi connectivity index (χ4n) is 5.92. The molecule has 236 valence electrons. The van der Waals surface area contributed by atoms with Crippen LogP contribution in [-0.2, 0) is 27.7 Å². The second kappa shape index (κ2) is 14.3. The van der Waals surface area contributed by atoms with E-state index in [-0.39, 0.29) is 29.8 Å². The summed E-state index contributed by atoms with van der Waals surface area (Å²) in [5.41, 5.74) is 7.93. The van der Waals surface area contributed by atoms with Gasteiger partial charge in [0, 0.05) is 49.1 Å². The topological polar surface area (TPSA) is 92.5 Å². The molecule has 1 fully saturated rings. The summed E-state index contributed by atoms with van der Waals surface area (Å²) in [6.07, 6.45) is 0.252. The Hall–Kier alpha value is -3.54. The van der Waals surface area contributed by atoms with E-state index in [0.717, 1.165) is 18.2 Å².